The lowest BCUT2D eigenvalue weighted by Gasteiger charge is -2.17. The summed E-state index contributed by atoms with van der Waals surface area (Å²) in [7, 11) is 0. The smallest absolute Gasteiger partial charge is 0.110 e. The second-order valence-corrected chi connectivity index (χ2v) is 4.17. The lowest BCUT2D eigenvalue weighted by Crippen LogP contribution is -2.05. The van der Waals surface area contributed by atoms with E-state index in [2.05, 4.69) is 34.6 Å². The van der Waals surface area contributed by atoms with Gasteiger partial charge in [0, 0.05) is 5.92 Å². The van der Waals surface area contributed by atoms with Crippen LogP contribution in [0.2, 0.25) is 0 Å². The molecule has 0 bridgehead atoms. The highest BCUT2D eigenvalue weighted by Gasteiger charge is 2.19. The Bertz CT molecular complexity index is 271. The molecule has 1 unspecified atom stereocenters. The monoisotopic (exact) mass is 180 g/mol. The maximum absolute atomic E-state index is 5.61. The van der Waals surface area contributed by atoms with E-state index < -0.39 is 0 Å². The Morgan fingerprint density at radius 3 is 2.23 bits per heavy atom. The molecule has 0 saturated carbocycles. The van der Waals surface area contributed by atoms with Gasteiger partial charge in [0.1, 0.15) is 5.76 Å². The molecule has 0 aromatic carbocycles. The van der Waals surface area contributed by atoms with Crippen LogP contribution in [-0.4, -0.2) is 0 Å². The van der Waals surface area contributed by atoms with Crippen LogP contribution in [0.1, 0.15) is 50.0 Å². The fourth-order valence-corrected chi connectivity index (χ4v) is 1.85. The largest absolute Gasteiger partial charge is 0.468 e. The second-order valence-electron chi connectivity index (χ2n) is 4.17. The van der Waals surface area contributed by atoms with Gasteiger partial charge in [-0.25, -0.2) is 0 Å². The Hall–Kier alpha value is -0.720. The predicted octanol–water partition coefficient (Wildman–Crippen LogP) is 4.05. The van der Waals surface area contributed by atoms with E-state index in [0.717, 1.165) is 6.42 Å². The van der Waals surface area contributed by atoms with E-state index in [0.29, 0.717) is 11.8 Å². The molecule has 0 aliphatic heterocycles. The van der Waals surface area contributed by atoms with Crippen LogP contribution in [-0.2, 0) is 0 Å². The first-order chi connectivity index (χ1) is 6.07. The molecule has 0 radical (unpaired) electrons. The Morgan fingerprint density at radius 2 is 1.92 bits per heavy atom. The van der Waals surface area contributed by atoms with Gasteiger partial charge in [0.25, 0.3) is 0 Å². The molecule has 0 saturated heterocycles. The lowest BCUT2D eigenvalue weighted by atomic mass is 9.89. The van der Waals surface area contributed by atoms with Crippen molar-refractivity contribution in [2.45, 2.75) is 47.0 Å². The Labute approximate surface area is 81.1 Å². The zero-order valence-corrected chi connectivity index (χ0v) is 9.35. The van der Waals surface area contributed by atoms with E-state index in [1.165, 1.54) is 16.9 Å². The lowest BCUT2D eigenvalue weighted by molar-refractivity contribution is 0.384. The third-order valence-electron chi connectivity index (χ3n) is 2.91. The fraction of sp³-hybridized carbons (Fsp3) is 0.667. The summed E-state index contributed by atoms with van der Waals surface area (Å²) in [6, 6.07) is 0. The summed E-state index contributed by atoms with van der Waals surface area (Å²) in [5, 5.41) is 0. The minimum absolute atomic E-state index is 0.577. The van der Waals surface area contributed by atoms with Gasteiger partial charge in [-0.05, 0) is 37.3 Å². The number of aryl methyl sites for hydroxylation is 1. The predicted molar refractivity (Wildman–Crippen MR) is 56.1 cm³/mol. The third kappa shape index (κ3) is 1.96. The van der Waals surface area contributed by atoms with Gasteiger partial charge in [0.15, 0.2) is 0 Å². The Kier molecular flexibility index (Phi) is 3.18. The number of hydrogen-bond acceptors (Lipinski definition) is 1. The molecule has 1 atom stereocenters. The van der Waals surface area contributed by atoms with Crippen LogP contribution in [0.4, 0.5) is 0 Å². The molecule has 0 spiro atoms. The Morgan fingerprint density at radius 1 is 1.31 bits per heavy atom. The summed E-state index contributed by atoms with van der Waals surface area (Å²) in [5.74, 6) is 2.43. The van der Waals surface area contributed by atoms with Crippen molar-refractivity contribution in [2.24, 2.45) is 5.92 Å². The van der Waals surface area contributed by atoms with Crippen LogP contribution < -0.4 is 0 Å². The molecule has 0 aliphatic carbocycles. The summed E-state index contributed by atoms with van der Waals surface area (Å²) >= 11 is 0. The van der Waals surface area contributed by atoms with Crippen LogP contribution >= 0.6 is 0 Å². The summed E-state index contributed by atoms with van der Waals surface area (Å²) in [6.45, 7) is 11.0. The zero-order valence-electron chi connectivity index (χ0n) is 9.35. The van der Waals surface area contributed by atoms with Crippen LogP contribution in [0, 0.1) is 19.8 Å². The molecule has 1 heteroatoms. The van der Waals surface area contributed by atoms with Crippen molar-refractivity contribution in [3.63, 3.8) is 0 Å². The van der Waals surface area contributed by atoms with Gasteiger partial charge in [-0.15, -0.1) is 0 Å². The van der Waals surface area contributed by atoms with Crippen LogP contribution in [0.15, 0.2) is 10.7 Å². The van der Waals surface area contributed by atoms with Gasteiger partial charge in [-0.3, -0.25) is 0 Å². The highest BCUT2D eigenvalue weighted by molar-refractivity contribution is 5.27. The molecule has 0 fully saturated rings. The average molecular weight is 180 g/mol. The molecule has 1 aromatic heterocycles. The summed E-state index contributed by atoms with van der Waals surface area (Å²) < 4.78 is 5.61. The van der Waals surface area contributed by atoms with Gasteiger partial charge in [0.05, 0.1) is 6.26 Å². The van der Waals surface area contributed by atoms with Crippen molar-refractivity contribution < 1.29 is 4.42 Å². The zero-order chi connectivity index (χ0) is 10.0. The van der Waals surface area contributed by atoms with Gasteiger partial charge < -0.3 is 4.42 Å². The standard InChI is InChI=1S/C12H20O/c1-6-11(8(2)3)12-10(5)9(4)7-13-12/h7-8,11H,6H2,1-5H3. The van der Waals surface area contributed by atoms with Crippen molar-refractivity contribution in [2.75, 3.05) is 0 Å². The number of furan rings is 1. The summed E-state index contributed by atoms with van der Waals surface area (Å²) in [5.41, 5.74) is 2.61. The molecule has 74 valence electrons. The van der Waals surface area contributed by atoms with Crippen LogP contribution in [0.5, 0.6) is 0 Å². The minimum Gasteiger partial charge on any atom is -0.468 e. The van der Waals surface area contributed by atoms with E-state index in [9.17, 15) is 0 Å². The van der Waals surface area contributed by atoms with E-state index in [4.69, 9.17) is 4.42 Å². The number of rotatable bonds is 3. The molecular weight excluding hydrogens is 160 g/mol. The first-order valence-corrected chi connectivity index (χ1v) is 5.12. The molecule has 0 N–H and O–H groups in total. The summed E-state index contributed by atoms with van der Waals surface area (Å²) in [4.78, 5) is 0. The molecule has 1 nitrogen and oxygen atoms in total. The van der Waals surface area contributed by atoms with Crippen LogP contribution in [0.25, 0.3) is 0 Å². The second kappa shape index (κ2) is 3.99. The van der Waals surface area contributed by atoms with Gasteiger partial charge in [-0.2, -0.15) is 0 Å². The van der Waals surface area contributed by atoms with E-state index in [1.807, 2.05) is 6.26 Å². The highest BCUT2D eigenvalue weighted by Crippen LogP contribution is 2.31. The first-order valence-electron chi connectivity index (χ1n) is 5.12. The molecule has 1 heterocycles. The van der Waals surface area contributed by atoms with E-state index in [-0.39, 0.29) is 0 Å². The van der Waals surface area contributed by atoms with Gasteiger partial charge >= 0.3 is 0 Å². The molecule has 0 aliphatic rings. The minimum atomic E-state index is 0.577. The molecule has 1 aromatic rings. The van der Waals surface area contributed by atoms with Gasteiger partial charge in [0.2, 0.25) is 0 Å². The van der Waals surface area contributed by atoms with Gasteiger partial charge in [-0.1, -0.05) is 20.8 Å². The van der Waals surface area contributed by atoms with Crippen molar-refractivity contribution in [3.8, 4) is 0 Å². The van der Waals surface area contributed by atoms with Crippen molar-refractivity contribution in [1.82, 2.24) is 0 Å². The van der Waals surface area contributed by atoms with E-state index >= 15 is 0 Å². The average Bonchev–Trinajstić information content (AvgIpc) is 2.37. The van der Waals surface area contributed by atoms with Crippen LogP contribution in [0.3, 0.4) is 0 Å². The molecule has 0 amide bonds. The first kappa shape index (κ1) is 10.4. The normalized spacial score (nSPS) is 13.7. The molecule has 1 rings (SSSR count). The van der Waals surface area contributed by atoms with Crippen molar-refractivity contribution in [3.05, 3.63) is 23.2 Å². The summed E-state index contributed by atoms with van der Waals surface area (Å²) in [6.07, 6.45) is 3.03. The van der Waals surface area contributed by atoms with Crippen molar-refractivity contribution >= 4 is 0 Å². The fourth-order valence-electron chi connectivity index (χ4n) is 1.85. The highest BCUT2D eigenvalue weighted by atomic mass is 16.3. The van der Waals surface area contributed by atoms with E-state index in [1.54, 1.807) is 0 Å². The topological polar surface area (TPSA) is 13.1 Å². The number of hydrogen-bond donors (Lipinski definition) is 0. The van der Waals surface area contributed by atoms with Crippen molar-refractivity contribution in [1.29, 1.82) is 0 Å². The quantitative estimate of drug-likeness (QED) is 0.684. The molecular formula is C12H20O. The Balaban J connectivity index is 2.98. The third-order valence-corrected chi connectivity index (χ3v) is 2.91. The SMILES string of the molecule is CCC(c1occ(C)c1C)C(C)C. The molecule has 13 heavy (non-hydrogen) atoms. The maximum Gasteiger partial charge on any atom is 0.110 e. The maximum atomic E-state index is 5.61.